The number of nitrogens with one attached hydrogen (secondary N) is 2. The Labute approximate surface area is 169 Å². The molecule has 1 unspecified atom stereocenters. The molecule has 6 nitrogen and oxygen atoms in total. The summed E-state index contributed by atoms with van der Waals surface area (Å²) < 4.78 is 18.6. The van der Waals surface area contributed by atoms with Crippen molar-refractivity contribution >= 4 is 41.5 Å². The van der Waals surface area contributed by atoms with Gasteiger partial charge in [0.05, 0.1) is 18.2 Å². The van der Waals surface area contributed by atoms with Gasteiger partial charge in [-0.3, -0.25) is 9.59 Å². The molecule has 2 aliphatic heterocycles. The van der Waals surface area contributed by atoms with Gasteiger partial charge < -0.3 is 20.3 Å². The summed E-state index contributed by atoms with van der Waals surface area (Å²) in [5.41, 5.74) is 0.475. The third-order valence-electron chi connectivity index (χ3n) is 4.83. The maximum Gasteiger partial charge on any atom is 0.227 e. The topological polar surface area (TPSA) is 70.7 Å². The van der Waals surface area contributed by atoms with Crippen molar-refractivity contribution in [2.45, 2.75) is 25.3 Å². The molecule has 0 spiro atoms. The fraction of sp³-hybridized carbons (Fsp3) is 0.556. The first-order valence-electron chi connectivity index (χ1n) is 8.88. The molecule has 9 heteroatoms. The SMILES string of the molecule is Cl.O=C(Nc1ccc(F)c(Cl)c1)C1CCN(C(=O)CC2COCCN2)CC1. The molecular formula is C18H24Cl2FN3O3. The van der Waals surface area contributed by atoms with Gasteiger partial charge in [-0.05, 0) is 31.0 Å². The second kappa shape index (κ2) is 10.2. The average molecular weight is 420 g/mol. The van der Waals surface area contributed by atoms with E-state index in [1.54, 1.807) is 0 Å². The predicted molar refractivity (Wildman–Crippen MR) is 104 cm³/mol. The van der Waals surface area contributed by atoms with Gasteiger partial charge in [0.2, 0.25) is 11.8 Å². The quantitative estimate of drug-likeness (QED) is 0.785. The number of hydrogen-bond acceptors (Lipinski definition) is 4. The molecular weight excluding hydrogens is 396 g/mol. The Morgan fingerprint density at radius 3 is 2.70 bits per heavy atom. The molecule has 0 saturated carbocycles. The highest BCUT2D eigenvalue weighted by Crippen LogP contribution is 2.23. The van der Waals surface area contributed by atoms with Crippen LogP contribution in [0.3, 0.4) is 0 Å². The van der Waals surface area contributed by atoms with Gasteiger partial charge in [-0.15, -0.1) is 12.4 Å². The van der Waals surface area contributed by atoms with Crippen molar-refractivity contribution in [3.63, 3.8) is 0 Å². The van der Waals surface area contributed by atoms with Gasteiger partial charge in [-0.25, -0.2) is 4.39 Å². The average Bonchev–Trinajstić information content (AvgIpc) is 2.65. The standard InChI is InChI=1S/C18H23ClFN3O3.ClH/c19-15-9-13(1-2-16(15)20)22-18(25)12-3-6-23(7-4-12)17(24)10-14-11-26-8-5-21-14;/h1-2,9,12,14,21H,3-8,10-11H2,(H,22,25);1H. The van der Waals surface area contributed by atoms with Crippen LogP contribution in [0.1, 0.15) is 19.3 Å². The van der Waals surface area contributed by atoms with E-state index in [9.17, 15) is 14.0 Å². The van der Waals surface area contributed by atoms with E-state index in [4.69, 9.17) is 16.3 Å². The molecule has 2 N–H and O–H groups in total. The van der Waals surface area contributed by atoms with Crippen LogP contribution in [-0.2, 0) is 14.3 Å². The van der Waals surface area contributed by atoms with Crippen LogP contribution in [0.15, 0.2) is 18.2 Å². The third-order valence-corrected chi connectivity index (χ3v) is 5.11. The fourth-order valence-corrected chi connectivity index (χ4v) is 3.48. The number of benzene rings is 1. The molecule has 0 aromatic heterocycles. The maximum atomic E-state index is 13.2. The van der Waals surface area contributed by atoms with Crippen LogP contribution in [0, 0.1) is 11.7 Å². The number of hydrogen-bond donors (Lipinski definition) is 2. The summed E-state index contributed by atoms with van der Waals surface area (Å²) in [6, 6.07) is 4.17. The Balaban J connectivity index is 0.00000261. The zero-order valence-electron chi connectivity index (χ0n) is 14.9. The van der Waals surface area contributed by atoms with E-state index in [-0.39, 0.29) is 41.2 Å². The Morgan fingerprint density at radius 2 is 2.07 bits per heavy atom. The van der Waals surface area contributed by atoms with E-state index in [1.807, 2.05) is 4.90 Å². The Bertz CT molecular complexity index is 663. The summed E-state index contributed by atoms with van der Waals surface area (Å²) in [7, 11) is 0. The van der Waals surface area contributed by atoms with Gasteiger partial charge in [0, 0.05) is 43.7 Å². The first-order chi connectivity index (χ1) is 12.5. The highest BCUT2D eigenvalue weighted by atomic mass is 35.5. The molecule has 1 aromatic rings. The summed E-state index contributed by atoms with van der Waals surface area (Å²) >= 11 is 5.73. The van der Waals surface area contributed by atoms with E-state index in [0.717, 1.165) is 6.54 Å². The third kappa shape index (κ3) is 6.04. The first kappa shape index (κ1) is 21.9. The molecule has 3 rings (SSSR count). The Morgan fingerprint density at radius 1 is 1.33 bits per heavy atom. The number of likely N-dealkylation sites (tertiary alicyclic amines) is 1. The minimum atomic E-state index is -0.519. The molecule has 1 atom stereocenters. The molecule has 150 valence electrons. The van der Waals surface area contributed by atoms with Crippen molar-refractivity contribution in [3.8, 4) is 0 Å². The van der Waals surface area contributed by atoms with Crippen LogP contribution < -0.4 is 10.6 Å². The van der Waals surface area contributed by atoms with Crippen molar-refractivity contribution < 1.29 is 18.7 Å². The van der Waals surface area contributed by atoms with Gasteiger partial charge >= 0.3 is 0 Å². The van der Waals surface area contributed by atoms with Crippen LogP contribution in [-0.4, -0.2) is 55.6 Å². The van der Waals surface area contributed by atoms with Crippen LogP contribution in [0.2, 0.25) is 5.02 Å². The second-order valence-electron chi connectivity index (χ2n) is 6.70. The number of morpholine rings is 1. The molecule has 0 bridgehead atoms. The summed E-state index contributed by atoms with van der Waals surface area (Å²) in [6.45, 7) is 3.15. The lowest BCUT2D eigenvalue weighted by atomic mass is 9.95. The highest BCUT2D eigenvalue weighted by molar-refractivity contribution is 6.31. The van der Waals surface area contributed by atoms with Gasteiger partial charge in [0.25, 0.3) is 0 Å². The largest absolute Gasteiger partial charge is 0.378 e. The lowest BCUT2D eigenvalue weighted by Crippen LogP contribution is -2.47. The van der Waals surface area contributed by atoms with E-state index in [2.05, 4.69) is 10.6 Å². The molecule has 2 aliphatic rings. The Kier molecular flexibility index (Phi) is 8.28. The summed E-state index contributed by atoms with van der Waals surface area (Å²) in [5, 5.41) is 6.02. The number of halogens is 3. The van der Waals surface area contributed by atoms with E-state index in [1.165, 1.54) is 18.2 Å². The van der Waals surface area contributed by atoms with E-state index < -0.39 is 5.82 Å². The smallest absolute Gasteiger partial charge is 0.227 e. The van der Waals surface area contributed by atoms with Gasteiger partial charge in [0.15, 0.2) is 0 Å². The zero-order chi connectivity index (χ0) is 18.5. The minimum absolute atomic E-state index is 0. The minimum Gasteiger partial charge on any atom is -0.378 e. The fourth-order valence-electron chi connectivity index (χ4n) is 3.30. The number of amides is 2. The van der Waals surface area contributed by atoms with Gasteiger partial charge in [-0.2, -0.15) is 0 Å². The molecule has 2 heterocycles. The van der Waals surface area contributed by atoms with Crippen LogP contribution in [0.25, 0.3) is 0 Å². The molecule has 2 amide bonds. The molecule has 2 saturated heterocycles. The molecule has 27 heavy (non-hydrogen) atoms. The summed E-state index contributed by atoms with van der Waals surface area (Å²) in [5.74, 6) is -0.715. The molecule has 0 radical (unpaired) electrons. The number of rotatable bonds is 4. The first-order valence-corrected chi connectivity index (χ1v) is 9.25. The van der Waals surface area contributed by atoms with Crippen LogP contribution in [0.4, 0.5) is 10.1 Å². The number of ether oxygens (including phenoxy) is 1. The molecule has 0 aliphatic carbocycles. The number of anilines is 1. The number of piperidine rings is 1. The van der Waals surface area contributed by atoms with Gasteiger partial charge in [-0.1, -0.05) is 11.6 Å². The summed E-state index contributed by atoms with van der Waals surface area (Å²) in [6.07, 6.45) is 1.65. The highest BCUT2D eigenvalue weighted by Gasteiger charge is 2.28. The monoisotopic (exact) mass is 419 g/mol. The van der Waals surface area contributed by atoms with E-state index in [0.29, 0.717) is 51.3 Å². The second-order valence-corrected chi connectivity index (χ2v) is 7.11. The normalized spacial score (nSPS) is 20.7. The number of nitrogens with zero attached hydrogens (tertiary/aromatic N) is 1. The van der Waals surface area contributed by atoms with Crippen molar-refractivity contribution in [1.82, 2.24) is 10.2 Å². The summed E-state index contributed by atoms with van der Waals surface area (Å²) in [4.78, 5) is 26.6. The zero-order valence-corrected chi connectivity index (χ0v) is 16.5. The van der Waals surface area contributed by atoms with Crippen molar-refractivity contribution in [2.24, 2.45) is 5.92 Å². The van der Waals surface area contributed by atoms with Gasteiger partial charge in [0.1, 0.15) is 5.82 Å². The van der Waals surface area contributed by atoms with Crippen molar-refractivity contribution in [1.29, 1.82) is 0 Å². The van der Waals surface area contributed by atoms with Crippen LogP contribution in [0.5, 0.6) is 0 Å². The molecule has 2 fully saturated rings. The molecule has 1 aromatic carbocycles. The van der Waals surface area contributed by atoms with Crippen molar-refractivity contribution in [2.75, 3.05) is 38.2 Å². The number of carbonyl (C=O) groups excluding carboxylic acids is 2. The van der Waals surface area contributed by atoms with Crippen molar-refractivity contribution in [3.05, 3.63) is 29.0 Å². The Hall–Kier alpha value is -1.41. The lowest BCUT2D eigenvalue weighted by molar-refractivity contribution is -0.135. The lowest BCUT2D eigenvalue weighted by Gasteiger charge is -2.33. The van der Waals surface area contributed by atoms with Crippen LogP contribution >= 0.6 is 24.0 Å². The predicted octanol–water partition coefficient (Wildman–Crippen LogP) is 2.46. The number of carbonyl (C=O) groups is 2. The maximum absolute atomic E-state index is 13.2. The van der Waals surface area contributed by atoms with E-state index >= 15 is 0 Å².